The number of carbonyl (C=O) groups excluding carboxylic acids is 1. The first-order valence-corrected chi connectivity index (χ1v) is 7.25. The van der Waals surface area contributed by atoms with Crippen LogP contribution in [0.1, 0.15) is 28.8 Å². The minimum absolute atomic E-state index is 0.0990. The van der Waals surface area contributed by atoms with E-state index in [1.54, 1.807) is 31.4 Å². The van der Waals surface area contributed by atoms with Crippen molar-refractivity contribution in [2.45, 2.75) is 24.8 Å². The highest BCUT2D eigenvalue weighted by molar-refractivity contribution is 5.95. The van der Waals surface area contributed by atoms with Gasteiger partial charge in [0, 0.05) is 25.9 Å². The molecule has 1 fully saturated rings. The van der Waals surface area contributed by atoms with E-state index < -0.39 is 11.5 Å². The average Bonchev–Trinajstić information content (AvgIpc) is 2.48. The summed E-state index contributed by atoms with van der Waals surface area (Å²) in [4.78, 5) is 23.2. The third kappa shape index (κ3) is 4.29. The molecule has 0 saturated carbocycles. The summed E-state index contributed by atoms with van der Waals surface area (Å²) in [5.74, 6) is -1.14. The highest BCUT2D eigenvalue weighted by Gasteiger charge is 2.34. The van der Waals surface area contributed by atoms with Crippen LogP contribution in [0, 0.1) is 0 Å². The molecule has 1 heterocycles. The van der Waals surface area contributed by atoms with Gasteiger partial charge < -0.3 is 19.9 Å². The van der Waals surface area contributed by atoms with E-state index in [4.69, 9.17) is 14.6 Å². The maximum absolute atomic E-state index is 12.5. The summed E-state index contributed by atoms with van der Waals surface area (Å²) < 4.78 is 10.6. The molecule has 22 heavy (non-hydrogen) atoms. The largest absolute Gasteiger partial charge is 0.481 e. The smallest absolute Gasteiger partial charge is 0.307 e. The predicted molar refractivity (Wildman–Crippen MR) is 79.9 cm³/mol. The highest BCUT2D eigenvalue weighted by atomic mass is 16.5. The molecule has 1 amide bonds. The lowest BCUT2D eigenvalue weighted by Gasteiger charge is -2.37. The summed E-state index contributed by atoms with van der Waals surface area (Å²) >= 11 is 0. The van der Waals surface area contributed by atoms with Crippen LogP contribution in [0.3, 0.4) is 0 Å². The van der Waals surface area contributed by atoms with E-state index >= 15 is 0 Å². The molecular weight excluding hydrogens is 286 g/mol. The first-order valence-electron chi connectivity index (χ1n) is 7.25. The molecule has 1 aromatic rings. The zero-order chi connectivity index (χ0) is 16.0. The fraction of sp³-hybridized carbons (Fsp3) is 0.500. The Morgan fingerprint density at radius 2 is 2.09 bits per heavy atom. The van der Waals surface area contributed by atoms with Gasteiger partial charge in [-0.3, -0.25) is 9.59 Å². The van der Waals surface area contributed by atoms with Gasteiger partial charge in [-0.25, -0.2) is 0 Å². The molecule has 1 aliphatic heterocycles. The first kappa shape index (κ1) is 16.5. The van der Waals surface area contributed by atoms with Crippen molar-refractivity contribution >= 4 is 11.9 Å². The van der Waals surface area contributed by atoms with Crippen molar-refractivity contribution in [3.63, 3.8) is 0 Å². The SMILES string of the molecule is COCC1(NC(=O)c2cccc(CC(=O)O)c2)CCOCC1. The number of amides is 1. The zero-order valence-corrected chi connectivity index (χ0v) is 12.6. The molecule has 1 saturated heterocycles. The Balaban J connectivity index is 2.11. The Morgan fingerprint density at radius 3 is 2.73 bits per heavy atom. The van der Waals surface area contributed by atoms with Gasteiger partial charge in [0.15, 0.2) is 0 Å². The van der Waals surface area contributed by atoms with Gasteiger partial charge in [0.2, 0.25) is 0 Å². The molecule has 0 aliphatic carbocycles. The lowest BCUT2D eigenvalue weighted by atomic mass is 9.90. The summed E-state index contributed by atoms with van der Waals surface area (Å²) in [5, 5.41) is 11.9. The molecule has 6 heteroatoms. The van der Waals surface area contributed by atoms with Gasteiger partial charge in [-0.05, 0) is 30.5 Å². The molecule has 0 aromatic heterocycles. The molecule has 2 rings (SSSR count). The predicted octanol–water partition coefficient (Wildman–Crippen LogP) is 1.24. The van der Waals surface area contributed by atoms with Gasteiger partial charge in [-0.15, -0.1) is 0 Å². The summed E-state index contributed by atoms with van der Waals surface area (Å²) in [6.07, 6.45) is 1.29. The Bertz CT molecular complexity index is 532. The standard InChI is InChI=1S/C16H21NO5/c1-21-11-16(5-7-22-8-6-16)17-15(20)13-4-2-3-12(9-13)10-14(18)19/h2-4,9H,5-8,10-11H2,1H3,(H,17,20)(H,18,19). The van der Waals surface area contributed by atoms with Crippen LogP contribution < -0.4 is 5.32 Å². The third-order valence-corrected chi connectivity index (χ3v) is 3.79. The fourth-order valence-corrected chi connectivity index (χ4v) is 2.65. The van der Waals surface area contributed by atoms with Gasteiger partial charge in [0.25, 0.3) is 5.91 Å². The van der Waals surface area contributed by atoms with Crippen molar-refractivity contribution in [1.82, 2.24) is 5.32 Å². The molecule has 0 bridgehead atoms. The summed E-state index contributed by atoms with van der Waals surface area (Å²) in [5.41, 5.74) is 0.640. The highest BCUT2D eigenvalue weighted by Crippen LogP contribution is 2.22. The lowest BCUT2D eigenvalue weighted by Crippen LogP contribution is -2.55. The second-order valence-electron chi connectivity index (χ2n) is 5.55. The lowest BCUT2D eigenvalue weighted by molar-refractivity contribution is -0.136. The van der Waals surface area contributed by atoms with E-state index in [1.807, 2.05) is 0 Å². The van der Waals surface area contributed by atoms with Crippen LogP contribution in [-0.4, -0.2) is 49.5 Å². The van der Waals surface area contributed by atoms with Gasteiger partial charge in [0.05, 0.1) is 18.6 Å². The molecule has 2 N–H and O–H groups in total. The van der Waals surface area contributed by atoms with Crippen LogP contribution in [0.25, 0.3) is 0 Å². The Labute approximate surface area is 129 Å². The molecular formula is C16H21NO5. The second kappa shape index (κ2) is 7.38. The molecule has 120 valence electrons. The summed E-state index contributed by atoms with van der Waals surface area (Å²) in [6.45, 7) is 1.60. The number of carboxylic acids is 1. The van der Waals surface area contributed by atoms with Gasteiger partial charge in [-0.2, -0.15) is 0 Å². The number of hydrogen-bond acceptors (Lipinski definition) is 4. The minimum Gasteiger partial charge on any atom is -0.481 e. The number of hydrogen-bond donors (Lipinski definition) is 2. The van der Waals surface area contributed by atoms with Crippen molar-refractivity contribution in [2.75, 3.05) is 26.9 Å². The van der Waals surface area contributed by atoms with Gasteiger partial charge in [0.1, 0.15) is 0 Å². The van der Waals surface area contributed by atoms with E-state index in [0.29, 0.717) is 43.8 Å². The monoisotopic (exact) mass is 307 g/mol. The number of ether oxygens (including phenoxy) is 2. The second-order valence-corrected chi connectivity index (χ2v) is 5.55. The summed E-state index contributed by atoms with van der Waals surface area (Å²) in [6, 6.07) is 6.69. The fourth-order valence-electron chi connectivity index (χ4n) is 2.65. The maximum atomic E-state index is 12.5. The average molecular weight is 307 g/mol. The molecule has 0 radical (unpaired) electrons. The van der Waals surface area contributed by atoms with E-state index in [9.17, 15) is 9.59 Å². The van der Waals surface area contributed by atoms with Crippen LogP contribution in [0.2, 0.25) is 0 Å². The van der Waals surface area contributed by atoms with Crippen LogP contribution in [0.4, 0.5) is 0 Å². The molecule has 0 atom stereocenters. The number of carbonyl (C=O) groups is 2. The van der Waals surface area contributed by atoms with Crippen molar-refractivity contribution in [3.05, 3.63) is 35.4 Å². The summed E-state index contributed by atoms with van der Waals surface area (Å²) in [7, 11) is 1.61. The molecule has 1 aromatic carbocycles. The Kier molecular flexibility index (Phi) is 5.51. The quantitative estimate of drug-likeness (QED) is 0.826. The molecule has 1 aliphatic rings. The minimum atomic E-state index is -0.919. The first-order chi connectivity index (χ1) is 10.5. The van der Waals surface area contributed by atoms with Crippen molar-refractivity contribution in [3.8, 4) is 0 Å². The third-order valence-electron chi connectivity index (χ3n) is 3.79. The zero-order valence-electron chi connectivity index (χ0n) is 12.6. The van der Waals surface area contributed by atoms with Crippen LogP contribution in [-0.2, 0) is 20.7 Å². The van der Waals surface area contributed by atoms with E-state index in [2.05, 4.69) is 5.32 Å². The number of carboxylic acid groups (broad SMARTS) is 1. The van der Waals surface area contributed by atoms with Crippen molar-refractivity contribution in [1.29, 1.82) is 0 Å². The van der Waals surface area contributed by atoms with E-state index in [0.717, 1.165) is 0 Å². The van der Waals surface area contributed by atoms with Crippen LogP contribution in [0.15, 0.2) is 24.3 Å². The maximum Gasteiger partial charge on any atom is 0.307 e. The number of nitrogens with one attached hydrogen (secondary N) is 1. The number of rotatable bonds is 6. The topological polar surface area (TPSA) is 84.9 Å². The van der Waals surface area contributed by atoms with Crippen molar-refractivity contribution in [2.24, 2.45) is 0 Å². The van der Waals surface area contributed by atoms with Crippen LogP contribution >= 0.6 is 0 Å². The normalized spacial score (nSPS) is 17.0. The number of aliphatic carboxylic acids is 1. The molecule has 0 spiro atoms. The Hall–Kier alpha value is -1.92. The van der Waals surface area contributed by atoms with E-state index in [-0.39, 0.29) is 12.3 Å². The molecule has 0 unspecified atom stereocenters. The number of methoxy groups -OCH3 is 1. The van der Waals surface area contributed by atoms with Crippen LogP contribution in [0.5, 0.6) is 0 Å². The number of benzene rings is 1. The Morgan fingerprint density at radius 1 is 1.36 bits per heavy atom. The van der Waals surface area contributed by atoms with Crippen molar-refractivity contribution < 1.29 is 24.2 Å². The van der Waals surface area contributed by atoms with E-state index in [1.165, 1.54) is 0 Å². The van der Waals surface area contributed by atoms with Gasteiger partial charge >= 0.3 is 5.97 Å². The molecule has 6 nitrogen and oxygen atoms in total. The van der Waals surface area contributed by atoms with Gasteiger partial charge in [-0.1, -0.05) is 12.1 Å².